The Morgan fingerprint density at radius 1 is 1.28 bits per heavy atom. The molecular weight excluding hydrogens is 228 g/mol. The summed E-state index contributed by atoms with van der Waals surface area (Å²) in [4.78, 5) is 12.0. The van der Waals surface area contributed by atoms with Gasteiger partial charge in [-0.1, -0.05) is 30.3 Å². The summed E-state index contributed by atoms with van der Waals surface area (Å²) in [6, 6.07) is 12.9. The molecule has 0 aliphatic heterocycles. The van der Waals surface area contributed by atoms with Crippen LogP contribution in [0.3, 0.4) is 0 Å². The van der Waals surface area contributed by atoms with E-state index < -0.39 is 5.54 Å². The second-order valence-corrected chi connectivity index (χ2v) is 4.33. The number of hydrogen-bond acceptors (Lipinski definition) is 3. The van der Waals surface area contributed by atoms with E-state index in [1.807, 2.05) is 37.3 Å². The van der Waals surface area contributed by atoms with Crippen LogP contribution in [0, 0.1) is 0 Å². The fourth-order valence-corrected chi connectivity index (χ4v) is 1.77. The van der Waals surface area contributed by atoms with Gasteiger partial charge >= 0.3 is 0 Å². The monoisotopic (exact) mass is 244 g/mol. The third-order valence-corrected chi connectivity index (χ3v) is 2.95. The van der Waals surface area contributed by atoms with Gasteiger partial charge in [-0.3, -0.25) is 4.79 Å². The van der Waals surface area contributed by atoms with Crippen molar-refractivity contribution in [2.45, 2.75) is 12.5 Å². The summed E-state index contributed by atoms with van der Waals surface area (Å²) in [5, 5.41) is 2.90. The highest BCUT2D eigenvalue weighted by Gasteiger charge is 2.28. The number of hydrogen-bond donors (Lipinski definition) is 2. The van der Waals surface area contributed by atoms with Crippen LogP contribution in [0.2, 0.25) is 0 Å². The van der Waals surface area contributed by atoms with E-state index in [0.717, 1.165) is 5.56 Å². The molecule has 0 spiro atoms. The zero-order valence-corrected chi connectivity index (χ0v) is 10.2. The molecule has 94 valence electrons. The molecule has 18 heavy (non-hydrogen) atoms. The molecule has 1 aromatic carbocycles. The summed E-state index contributed by atoms with van der Waals surface area (Å²) in [5.74, 6) is 0.0161. The Labute approximate surface area is 106 Å². The summed E-state index contributed by atoms with van der Waals surface area (Å²) < 4.78 is 5.07. The van der Waals surface area contributed by atoms with Crippen molar-refractivity contribution in [1.82, 2.24) is 5.32 Å². The van der Waals surface area contributed by atoms with Crippen LogP contribution in [-0.4, -0.2) is 12.5 Å². The molecule has 0 aliphatic carbocycles. The van der Waals surface area contributed by atoms with E-state index in [1.165, 1.54) is 6.26 Å². The smallest absolute Gasteiger partial charge is 0.287 e. The van der Waals surface area contributed by atoms with Crippen molar-refractivity contribution in [3.8, 4) is 0 Å². The topological polar surface area (TPSA) is 68.3 Å². The molecule has 2 rings (SSSR count). The number of nitrogens with two attached hydrogens (primary N) is 1. The zero-order valence-electron chi connectivity index (χ0n) is 10.2. The molecule has 1 aromatic heterocycles. The summed E-state index contributed by atoms with van der Waals surface area (Å²) >= 11 is 0. The van der Waals surface area contributed by atoms with Gasteiger partial charge in [0, 0.05) is 6.54 Å². The van der Waals surface area contributed by atoms with Crippen LogP contribution >= 0.6 is 0 Å². The molecule has 0 aliphatic rings. The Morgan fingerprint density at radius 2 is 2.00 bits per heavy atom. The van der Waals surface area contributed by atoms with E-state index in [1.54, 1.807) is 12.1 Å². The van der Waals surface area contributed by atoms with Crippen LogP contribution in [0.5, 0.6) is 0 Å². The van der Waals surface area contributed by atoms with Gasteiger partial charge in [-0.05, 0) is 24.6 Å². The lowest BCUT2D eigenvalue weighted by Gasteiger charge is -2.29. The first-order valence-corrected chi connectivity index (χ1v) is 5.77. The summed E-state index contributed by atoms with van der Waals surface area (Å²) in [6.45, 7) is 2.20. The van der Waals surface area contributed by atoms with E-state index in [4.69, 9.17) is 10.2 Å². The van der Waals surface area contributed by atoms with E-state index in [0.29, 0.717) is 6.54 Å². The second kappa shape index (κ2) is 5.06. The molecule has 1 heterocycles. The van der Waals surface area contributed by atoms with Crippen molar-refractivity contribution in [3.63, 3.8) is 0 Å². The number of carbonyl (C=O) groups is 1. The Kier molecular flexibility index (Phi) is 3.48. The van der Waals surface area contributed by atoms with Crippen LogP contribution in [0.15, 0.2) is 53.1 Å². The van der Waals surface area contributed by atoms with Gasteiger partial charge in [0.1, 0.15) is 0 Å². The lowest BCUT2D eigenvalue weighted by Crippen LogP contribution is -2.48. The molecule has 1 atom stereocenters. The maximum absolute atomic E-state index is 12.0. The molecule has 0 radical (unpaired) electrons. The number of benzene rings is 1. The van der Waals surface area contributed by atoms with Gasteiger partial charge < -0.3 is 15.5 Å². The Morgan fingerprint density at radius 3 is 2.56 bits per heavy atom. The standard InChI is InChI=1S/C14H16N2O2/c1-14(10-15,11-6-3-2-4-7-11)16-13(17)12-8-5-9-18-12/h2-9H,10,15H2,1H3,(H,16,17). The van der Waals surface area contributed by atoms with Crippen LogP contribution < -0.4 is 11.1 Å². The van der Waals surface area contributed by atoms with Gasteiger partial charge in [0.15, 0.2) is 5.76 Å². The van der Waals surface area contributed by atoms with Gasteiger partial charge in [0.25, 0.3) is 5.91 Å². The fourth-order valence-electron chi connectivity index (χ4n) is 1.77. The summed E-state index contributed by atoms with van der Waals surface area (Å²) in [5.41, 5.74) is 6.15. The summed E-state index contributed by atoms with van der Waals surface area (Å²) in [7, 11) is 0. The van der Waals surface area contributed by atoms with Crippen molar-refractivity contribution in [2.24, 2.45) is 5.73 Å². The average Bonchev–Trinajstić information content (AvgIpc) is 2.93. The molecule has 2 aromatic rings. The number of carbonyl (C=O) groups excluding carboxylic acids is 1. The molecular formula is C14H16N2O2. The van der Waals surface area contributed by atoms with E-state index in [2.05, 4.69) is 5.32 Å². The predicted octanol–water partition coefficient (Wildman–Crippen LogP) is 1.88. The van der Waals surface area contributed by atoms with Crippen molar-refractivity contribution in [1.29, 1.82) is 0 Å². The molecule has 1 amide bonds. The van der Waals surface area contributed by atoms with Crippen molar-refractivity contribution in [3.05, 3.63) is 60.1 Å². The van der Waals surface area contributed by atoms with Gasteiger partial charge in [-0.25, -0.2) is 0 Å². The largest absolute Gasteiger partial charge is 0.459 e. The fraction of sp³-hybridized carbons (Fsp3) is 0.214. The lowest BCUT2D eigenvalue weighted by molar-refractivity contribution is 0.0879. The van der Waals surface area contributed by atoms with Gasteiger partial charge in [-0.2, -0.15) is 0 Å². The number of amides is 1. The van der Waals surface area contributed by atoms with Crippen LogP contribution in [0.4, 0.5) is 0 Å². The molecule has 1 unspecified atom stereocenters. The molecule has 4 heteroatoms. The normalized spacial score (nSPS) is 13.9. The van der Waals surface area contributed by atoms with E-state index in [9.17, 15) is 4.79 Å². The van der Waals surface area contributed by atoms with E-state index >= 15 is 0 Å². The molecule has 4 nitrogen and oxygen atoms in total. The minimum atomic E-state index is -0.606. The molecule has 0 saturated carbocycles. The second-order valence-electron chi connectivity index (χ2n) is 4.33. The summed E-state index contributed by atoms with van der Waals surface area (Å²) in [6.07, 6.45) is 1.47. The molecule has 3 N–H and O–H groups in total. The highest BCUT2D eigenvalue weighted by atomic mass is 16.3. The van der Waals surface area contributed by atoms with Crippen LogP contribution in [0.25, 0.3) is 0 Å². The Hall–Kier alpha value is -2.07. The molecule has 0 fully saturated rings. The van der Waals surface area contributed by atoms with Crippen LogP contribution in [0.1, 0.15) is 23.0 Å². The Bertz CT molecular complexity index is 508. The number of nitrogens with one attached hydrogen (secondary N) is 1. The van der Waals surface area contributed by atoms with Gasteiger partial charge in [0.05, 0.1) is 11.8 Å². The third-order valence-electron chi connectivity index (χ3n) is 2.95. The molecule has 0 saturated heterocycles. The minimum absolute atomic E-state index is 0.267. The minimum Gasteiger partial charge on any atom is -0.459 e. The quantitative estimate of drug-likeness (QED) is 0.862. The maximum atomic E-state index is 12.0. The Balaban J connectivity index is 2.21. The maximum Gasteiger partial charge on any atom is 0.287 e. The SMILES string of the molecule is CC(CN)(NC(=O)c1ccco1)c1ccccc1. The zero-order chi connectivity index (χ0) is 13.0. The molecule has 0 bridgehead atoms. The van der Waals surface area contributed by atoms with Gasteiger partial charge in [-0.15, -0.1) is 0 Å². The first kappa shape index (κ1) is 12.4. The number of rotatable bonds is 4. The third kappa shape index (κ3) is 2.43. The van der Waals surface area contributed by atoms with Crippen LogP contribution in [-0.2, 0) is 5.54 Å². The van der Waals surface area contributed by atoms with E-state index in [-0.39, 0.29) is 11.7 Å². The highest BCUT2D eigenvalue weighted by molar-refractivity contribution is 5.92. The van der Waals surface area contributed by atoms with Crippen molar-refractivity contribution >= 4 is 5.91 Å². The van der Waals surface area contributed by atoms with Crippen molar-refractivity contribution in [2.75, 3.05) is 6.54 Å². The van der Waals surface area contributed by atoms with Gasteiger partial charge in [0.2, 0.25) is 0 Å². The highest BCUT2D eigenvalue weighted by Crippen LogP contribution is 2.19. The number of furan rings is 1. The average molecular weight is 244 g/mol. The lowest BCUT2D eigenvalue weighted by atomic mass is 9.92. The van der Waals surface area contributed by atoms with Crippen molar-refractivity contribution < 1.29 is 9.21 Å². The first-order chi connectivity index (χ1) is 8.65. The first-order valence-electron chi connectivity index (χ1n) is 5.77. The predicted molar refractivity (Wildman–Crippen MR) is 69.0 cm³/mol.